The maximum absolute atomic E-state index is 13.0. The summed E-state index contributed by atoms with van der Waals surface area (Å²) < 4.78 is 67.9. The van der Waals surface area contributed by atoms with Gasteiger partial charge in [-0.25, -0.2) is 9.13 Å². The fourth-order valence-electron chi connectivity index (χ4n) is 9.08. The minimum atomic E-state index is -4.95. The molecule has 19 heteroatoms. The van der Waals surface area contributed by atoms with Crippen LogP contribution >= 0.6 is 15.6 Å². The average molecular weight is 1240 g/mol. The van der Waals surface area contributed by atoms with Crippen LogP contribution in [0.3, 0.4) is 0 Å². The summed E-state index contributed by atoms with van der Waals surface area (Å²) in [7, 11) is -9.90. The number of hydrogen-bond acceptors (Lipinski definition) is 15. The van der Waals surface area contributed by atoms with Crippen molar-refractivity contribution in [2.75, 3.05) is 39.6 Å². The zero-order valence-corrected chi connectivity index (χ0v) is 55.6. The van der Waals surface area contributed by atoms with Crippen molar-refractivity contribution in [3.8, 4) is 0 Å². The molecule has 0 aliphatic heterocycles. The van der Waals surface area contributed by atoms with Crippen molar-refractivity contribution >= 4 is 39.5 Å². The van der Waals surface area contributed by atoms with E-state index in [4.69, 9.17) is 37.0 Å². The molecule has 3 N–H and O–H groups in total. The number of ether oxygens (including phenoxy) is 4. The first-order valence-corrected chi connectivity index (χ1v) is 36.2. The van der Waals surface area contributed by atoms with Crippen molar-refractivity contribution in [1.29, 1.82) is 0 Å². The van der Waals surface area contributed by atoms with E-state index in [2.05, 4.69) is 72.8 Å². The quantitative estimate of drug-likeness (QED) is 0.0169. The fraction of sp³-hybridized carbons (Fsp3) is 0.877. The number of phosphoric ester groups is 2. The lowest BCUT2D eigenvalue weighted by Crippen LogP contribution is -2.30. The molecule has 0 saturated carbocycles. The van der Waals surface area contributed by atoms with E-state index < -0.39 is 97.5 Å². The number of rotatable bonds is 61. The lowest BCUT2D eigenvalue weighted by Gasteiger charge is -2.21. The third kappa shape index (κ3) is 57.3. The molecule has 17 nitrogen and oxygen atoms in total. The van der Waals surface area contributed by atoms with Crippen LogP contribution in [0, 0.1) is 17.8 Å². The van der Waals surface area contributed by atoms with Gasteiger partial charge in [-0.1, -0.05) is 240 Å². The topological polar surface area (TPSA) is 237 Å². The zero-order valence-electron chi connectivity index (χ0n) is 53.8. The number of phosphoric acid groups is 2. The van der Waals surface area contributed by atoms with E-state index in [1.54, 1.807) is 0 Å². The molecule has 6 atom stereocenters. The second-order valence-corrected chi connectivity index (χ2v) is 26.9. The summed E-state index contributed by atoms with van der Waals surface area (Å²) in [6.45, 7) is 11.5. The molecule has 0 aliphatic rings. The van der Waals surface area contributed by atoms with Gasteiger partial charge in [-0.2, -0.15) is 0 Å². The number of aliphatic hydroxyl groups is 1. The largest absolute Gasteiger partial charge is 0.472 e. The number of unbranched alkanes of at least 4 members (excludes halogenated alkanes) is 25. The van der Waals surface area contributed by atoms with Crippen molar-refractivity contribution in [1.82, 2.24) is 0 Å². The molecule has 3 unspecified atom stereocenters. The van der Waals surface area contributed by atoms with Gasteiger partial charge in [0.1, 0.15) is 19.3 Å². The Morgan fingerprint density at radius 1 is 0.393 bits per heavy atom. The van der Waals surface area contributed by atoms with E-state index in [0.29, 0.717) is 37.5 Å². The van der Waals surface area contributed by atoms with E-state index in [1.165, 1.54) is 77.0 Å². The van der Waals surface area contributed by atoms with Gasteiger partial charge in [0.2, 0.25) is 0 Å². The Labute approximate surface area is 510 Å². The molecule has 0 aliphatic carbocycles. The first kappa shape index (κ1) is 81.5. The van der Waals surface area contributed by atoms with Gasteiger partial charge < -0.3 is 33.8 Å². The summed E-state index contributed by atoms with van der Waals surface area (Å²) in [6, 6.07) is 0. The first-order chi connectivity index (χ1) is 40.3. The molecule has 0 aromatic heterocycles. The highest BCUT2D eigenvalue weighted by Crippen LogP contribution is 2.45. The summed E-state index contributed by atoms with van der Waals surface area (Å²) in [5.74, 6) is -0.0713. The molecule has 0 saturated heterocycles. The number of carbonyl (C=O) groups excluding carboxylic acids is 4. The van der Waals surface area contributed by atoms with E-state index in [1.807, 2.05) is 0 Å². The van der Waals surface area contributed by atoms with Crippen molar-refractivity contribution in [3.63, 3.8) is 0 Å². The van der Waals surface area contributed by atoms with Crippen LogP contribution in [-0.4, -0.2) is 96.7 Å². The van der Waals surface area contributed by atoms with Crippen molar-refractivity contribution in [2.45, 2.75) is 311 Å². The molecule has 0 fully saturated rings. The van der Waals surface area contributed by atoms with Crippen LogP contribution in [0.2, 0.25) is 0 Å². The second kappa shape index (κ2) is 55.8. The number of aliphatic hydroxyl groups excluding tert-OH is 1. The molecule has 84 heavy (non-hydrogen) atoms. The van der Waals surface area contributed by atoms with Gasteiger partial charge in [0.25, 0.3) is 0 Å². The Morgan fingerprint density at radius 2 is 0.702 bits per heavy atom. The van der Waals surface area contributed by atoms with Gasteiger partial charge in [-0.3, -0.25) is 37.3 Å². The van der Waals surface area contributed by atoms with Gasteiger partial charge in [0.05, 0.1) is 26.4 Å². The van der Waals surface area contributed by atoms with Crippen molar-refractivity contribution in [2.24, 2.45) is 17.8 Å². The summed E-state index contributed by atoms with van der Waals surface area (Å²) >= 11 is 0. The Morgan fingerprint density at radius 3 is 1.06 bits per heavy atom. The first-order valence-electron chi connectivity index (χ1n) is 33.2. The SMILES string of the molecule is CCCCCC/C=C\C=C/CCCCCCCC(=O)O[C@H](COC(=O)CCCCCCCCC(C)C)COP(=O)(O)OC[C@H](O)COP(=O)(O)OC[C@@H](COC(=O)CCCCCCCCC(C)CC)OC(=O)CCCCCCCCCC(C)C. The van der Waals surface area contributed by atoms with Crippen LogP contribution in [0.1, 0.15) is 292 Å². The van der Waals surface area contributed by atoms with E-state index in [9.17, 15) is 43.2 Å². The molecule has 0 amide bonds. The second-order valence-electron chi connectivity index (χ2n) is 24.0. The monoisotopic (exact) mass is 1240 g/mol. The highest BCUT2D eigenvalue weighted by molar-refractivity contribution is 7.47. The van der Waals surface area contributed by atoms with Crippen LogP contribution in [-0.2, 0) is 65.4 Å². The maximum Gasteiger partial charge on any atom is 0.472 e. The number of carbonyl (C=O) groups is 4. The number of allylic oxidation sites excluding steroid dienone is 4. The molecule has 0 radical (unpaired) electrons. The molecular formula is C65H122O17P2. The highest BCUT2D eigenvalue weighted by atomic mass is 31.2. The van der Waals surface area contributed by atoms with Gasteiger partial charge >= 0.3 is 39.5 Å². The minimum Gasteiger partial charge on any atom is -0.462 e. The van der Waals surface area contributed by atoms with E-state index in [-0.39, 0.29) is 25.7 Å². The van der Waals surface area contributed by atoms with Crippen LogP contribution in [0.25, 0.3) is 0 Å². The van der Waals surface area contributed by atoms with Gasteiger partial charge in [0.15, 0.2) is 12.2 Å². The van der Waals surface area contributed by atoms with Crippen molar-refractivity contribution < 1.29 is 80.2 Å². The lowest BCUT2D eigenvalue weighted by molar-refractivity contribution is -0.161. The van der Waals surface area contributed by atoms with E-state index >= 15 is 0 Å². The Balaban J connectivity index is 5.27. The third-order valence-corrected chi connectivity index (χ3v) is 16.5. The van der Waals surface area contributed by atoms with Crippen LogP contribution in [0.15, 0.2) is 24.3 Å². The number of hydrogen-bond donors (Lipinski definition) is 3. The number of esters is 4. The Kier molecular flexibility index (Phi) is 54.2. The predicted molar refractivity (Wildman–Crippen MR) is 335 cm³/mol. The molecule has 0 aromatic carbocycles. The maximum atomic E-state index is 13.0. The van der Waals surface area contributed by atoms with Crippen LogP contribution < -0.4 is 0 Å². The van der Waals surface area contributed by atoms with Crippen molar-refractivity contribution in [3.05, 3.63) is 24.3 Å². The molecule has 494 valence electrons. The molecule has 0 heterocycles. The minimum absolute atomic E-state index is 0.0831. The van der Waals surface area contributed by atoms with E-state index in [0.717, 1.165) is 121 Å². The molecule has 0 aromatic rings. The fourth-order valence-corrected chi connectivity index (χ4v) is 10.7. The summed E-state index contributed by atoms with van der Waals surface area (Å²) in [6.07, 6.45) is 40.1. The molecule has 0 bridgehead atoms. The molecular weight excluding hydrogens is 1110 g/mol. The van der Waals surface area contributed by atoms with Crippen LogP contribution in [0.4, 0.5) is 0 Å². The van der Waals surface area contributed by atoms with Crippen LogP contribution in [0.5, 0.6) is 0 Å². The Bertz CT molecular complexity index is 1760. The van der Waals surface area contributed by atoms with Gasteiger partial charge in [0, 0.05) is 25.7 Å². The average Bonchev–Trinajstić information content (AvgIpc) is 3.53. The summed E-state index contributed by atoms with van der Waals surface area (Å²) in [4.78, 5) is 72.2. The third-order valence-electron chi connectivity index (χ3n) is 14.6. The lowest BCUT2D eigenvalue weighted by atomic mass is 10.00. The van der Waals surface area contributed by atoms with Gasteiger partial charge in [-0.05, 0) is 69.1 Å². The highest BCUT2D eigenvalue weighted by Gasteiger charge is 2.30. The normalized spacial score (nSPS) is 14.9. The standard InChI is InChI=1S/C65H122O17P2/c1-8-10-11-12-13-14-15-16-17-18-19-20-23-34-41-48-64(69)81-60(52-75-62(67)46-39-32-27-25-30-37-44-57(5)6)54-79-83(71,72)77-50-59(66)51-78-84(73,74)80-55-61(82-65(70)49-42-35-24-21-22-29-36-43-56(3)4)53-76-63(68)47-40-33-28-26-31-38-45-58(7)9-2/h14-17,56-61,66H,8-13,18-55H2,1-7H3,(H,71,72)(H,73,74)/b15-14-,17-16-/t58?,59-,60+,61+/m0/s1. The molecule has 0 rings (SSSR count). The predicted octanol–water partition coefficient (Wildman–Crippen LogP) is 17.4. The summed E-state index contributed by atoms with van der Waals surface area (Å²) in [5, 5.41) is 10.5. The van der Waals surface area contributed by atoms with Gasteiger partial charge in [-0.15, -0.1) is 0 Å². The smallest absolute Gasteiger partial charge is 0.462 e. The zero-order chi connectivity index (χ0) is 62.4. The Hall–Kier alpha value is -2.46. The molecule has 0 spiro atoms. The summed E-state index contributed by atoms with van der Waals surface area (Å²) in [5.41, 5.74) is 0.